The van der Waals surface area contributed by atoms with Gasteiger partial charge in [0, 0.05) is 12.5 Å². The van der Waals surface area contributed by atoms with Gasteiger partial charge in [0.15, 0.2) is 5.76 Å². The van der Waals surface area contributed by atoms with Crippen molar-refractivity contribution in [2.75, 3.05) is 18.9 Å². The highest BCUT2D eigenvalue weighted by molar-refractivity contribution is 5.40. The first-order valence-corrected chi connectivity index (χ1v) is 4.15. The summed E-state index contributed by atoms with van der Waals surface area (Å²) in [6, 6.07) is 0. The maximum Gasteiger partial charge on any atom is 0.164 e. The third kappa shape index (κ3) is 1.30. The van der Waals surface area contributed by atoms with E-state index in [1.165, 1.54) is 0 Å². The van der Waals surface area contributed by atoms with E-state index in [4.69, 9.17) is 15.0 Å². The van der Waals surface area contributed by atoms with Gasteiger partial charge in [-0.2, -0.15) is 0 Å². The van der Waals surface area contributed by atoms with E-state index in [2.05, 4.69) is 5.16 Å². The zero-order valence-electron chi connectivity index (χ0n) is 6.82. The Kier molecular flexibility index (Phi) is 1.99. The SMILES string of the molecule is Nc1cnoc1C1CCCOC1. The molecule has 1 atom stereocenters. The van der Waals surface area contributed by atoms with Gasteiger partial charge in [-0.1, -0.05) is 5.16 Å². The number of anilines is 1. The molecule has 1 fully saturated rings. The Morgan fingerprint density at radius 1 is 1.58 bits per heavy atom. The van der Waals surface area contributed by atoms with E-state index in [-0.39, 0.29) is 0 Å². The number of nitrogen functional groups attached to an aromatic ring is 1. The molecule has 2 N–H and O–H groups in total. The molecule has 1 unspecified atom stereocenters. The number of hydrogen-bond acceptors (Lipinski definition) is 4. The van der Waals surface area contributed by atoms with Crippen molar-refractivity contribution in [2.24, 2.45) is 0 Å². The van der Waals surface area contributed by atoms with Gasteiger partial charge in [0.25, 0.3) is 0 Å². The summed E-state index contributed by atoms with van der Waals surface area (Å²) in [7, 11) is 0. The standard InChI is InChI=1S/C8H12N2O2/c9-7-4-10-12-8(7)6-2-1-3-11-5-6/h4,6H,1-3,5,9H2. The van der Waals surface area contributed by atoms with Crippen molar-refractivity contribution in [1.29, 1.82) is 0 Å². The minimum atomic E-state index is 0.307. The summed E-state index contributed by atoms with van der Waals surface area (Å²) in [5, 5.41) is 3.64. The molecule has 1 aromatic heterocycles. The van der Waals surface area contributed by atoms with E-state index in [0.29, 0.717) is 18.2 Å². The van der Waals surface area contributed by atoms with E-state index in [9.17, 15) is 0 Å². The molecule has 0 bridgehead atoms. The third-order valence-corrected chi connectivity index (χ3v) is 2.16. The molecule has 2 heterocycles. The number of nitrogens with zero attached hydrogens (tertiary/aromatic N) is 1. The van der Waals surface area contributed by atoms with Gasteiger partial charge in [0.2, 0.25) is 0 Å². The molecule has 1 aromatic rings. The Hall–Kier alpha value is -1.03. The van der Waals surface area contributed by atoms with Crippen LogP contribution in [0.2, 0.25) is 0 Å². The Morgan fingerprint density at radius 3 is 3.08 bits per heavy atom. The van der Waals surface area contributed by atoms with Crippen LogP contribution >= 0.6 is 0 Å². The minimum Gasteiger partial charge on any atom is -0.395 e. The summed E-state index contributed by atoms with van der Waals surface area (Å²) < 4.78 is 10.4. The molecule has 0 spiro atoms. The highest BCUT2D eigenvalue weighted by Gasteiger charge is 2.21. The fraction of sp³-hybridized carbons (Fsp3) is 0.625. The molecule has 1 aliphatic rings. The lowest BCUT2D eigenvalue weighted by atomic mass is 9.99. The van der Waals surface area contributed by atoms with Gasteiger partial charge in [-0.05, 0) is 12.8 Å². The summed E-state index contributed by atoms with van der Waals surface area (Å²) in [5.41, 5.74) is 6.30. The van der Waals surface area contributed by atoms with Crippen LogP contribution in [0.3, 0.4) is 0 Å². The van der Waals surface area contributed by atoms with E-state index in [0.717, 1.165) is 25.2 Å². The molecule has 4 heteroatoms. The molecule has 0 radical (unpaired) electrons. The summed E-state index contributed by atoms with van der Waals surface area (Å²) in [5.74, 6) is 1.09. The molecule has 4 nitrogen and oxygen atoms in total. The first-order valence-electron chi connectivity index (χ1n) is 4.15. The summed E-state index contributed by atoms with van der Waals surface area (Å²) >= 11 is 0. The monoisotopic (exact) mass is 168 g/mol. The molecule has 66 valence electrons. The minimum absolute atomic E-state index is 0.307. The average Bonchev–Trinajstić information content (AvgIpc) is 2.53. The molecular weight excluding hydrogens is 156 g/mol. The van der Waals surface area contributed by atoms with Crippen LogP contribution in [0.4, 0.5) is 5.69 Å². The van der Waals surface area contributed by atoms with Crippen LogP contribution in [-0.2, 0) is 4.74 Å². The average molecular weight is 168 g/mol. The van der Waals surface area contributed by atoms with E-state index in [1.807, 2.05) is 0 Å². The van der Waals surface area contributed by atoms with Crippen LogP contribution in [0.25, 0.3) is 0 Å². The lowest BCUT2D eigenvalue weighted by molar-refractivity contribution is 0.0724. The second kappa shape index (κ2) is 3.15. The van der Waals surface area contributed by atoms with Gasteiger partial charge >= 0.3 is 0 Å². The van der Waals surface area contributed by atoms with Crippen molar-refractivity contribution in [3.8, 4) is 0 Å². The molecule has 0 amide bonds. The molecule has 1 aliphatic heterocycles. The number of ether oxygens (including phenoxy) is 1. The number of hydrogen-bond donors (Lipinski definition) is 1. The second-order valence-corrected chi connectivity index (χ2v) is 3.06. The summed E-state index contributed by atoms with van der Waals surface area (Å²) in [4.78, 5) is 0. The van der Waals surface area contributed by atoms with E-state index in [1.54, 1.807) is 6.20 Å². The van der Waals surface area contributed by atoms with Crippen molar-refractivity contribution in [3.05, 3.63) is 12.0 Å². The zero-order chi connectivity index (χ0) is 8.39. The van der Waals surface area contributed by atoms with Crippen LogP contribution in [0.15, 0.2) is 10.7 Å². The summed E-state index contributed by atoms with van der Waals surface area (Å²) in [6.07, 6.45) is 3.70. The van der Waals surface area contributed by atoms with Crippen LogP contribution in [0, 0.1) is 0 Å². The van der Waals surface area contributed by atoms with Crippen LogP contribution in [-0.4, -0.2) is 18.4 Å². The molecule has 0 aliphatic carbocycles. The maximum absolute atomic E-state index is 5.66. The maximum atomic E-state index is 5.66. The molecule has 12 heavy (non-hydrogen) atoms. The highest BCUT2D eigenvalue weighted by Crippen LogP contribution is 2.28. The predicted octanol–water partition coefficient (Wildman–Crippen LogP) is 1.15. The van der Waals surface area contributed by atoms with Crippen LogP contribution < -0.4 is 5.73 Å². The topological polar surface area (TPSA) is 61.3 Å². The van der Waals surface area contributed by atoms with Crippen molar-refractivity contribution in [3.63, 3.8) is 0 Å². The molecule has 0 aromatic carbocycles. The van der Waals surface area contributed by atoms with Gasteiger partial charge in [-0.25, -0.2) is 0 Å². The largest absolute Gasteiger partial charge is 0.395 e. The fourth-order valence-electron chi connectivity index (χ4n) is 1.51. The first kappa shape index (κ1) is 7.61. The Morgan fingerprint density at radius 2 is 2.50 bits per heavy atom. The van der Waals surface area contributed by atoms with E-state index >= 15 is 0 Å². The van der Waals surface area contributed by atoms with Crippen LogP contribution in [0.5, 0.6) is 0 Å². The fourth-order valence-corrected chi connectivity index (χ4v) is 1.51. The summed E-state index contributed by atoms with van der Waals surface area (Å²) in [6.45, 7) is 1.56. The molecule has 2 rings (SSSR count). The zero-order valence-corrected chi connectivity index (χ0v) is 6.82. The number of aromatic nitrogens is 1. The number of nitrogens with two attached hydrogens (primary N) is 1. The Labute approximate surface area is 70.7 Å². The van der Waals surface area contributed by atoms with Crippen LogP contribution in [0.1, 0.15) is 24.5 Å². The van der Waals surface area contributed by atoms with E-state index < -0.39 is 0 Å². The molecule has 0 saturated carbocycles. The molecule has 1 saturated heterocycles. The van der Waals surface area contributed by atoms with Crippen molar-refractivity contribution in [1.82, 2.24) is 5.16 Å². The third-order valence-electron chi connectivity index (χ3n) is 2.16. The Balaban J connectivity index is 2.13. The lowest BCUT2D eigenvalue weighted by Gasteiger charge is -2.19. The van der Waals surface area contributed by atoms with Gasteiger partial charge in [-0.3, -0.25) is 0 Å². The van der Waals surface area contributed by atoms with Crippen molar-refractivity contribution >= 4 is 5.69 Å². The van der Waals surface area contributed by atoms with Crippen molar-refractivity contribution in [2.45, 2.75) is 18.8 Å². The quantitative estimate of drug-likeness (QED) is 0.683. The smallest absolute Gasteiger partial charge is 0.164 e. The number of rotatable bonds is 1. The predicted molar refractivity (Wildman–Crippen MR) is 43.7 cm³/mol. The van der Waals surface area contributed by atoms with Gasteiger partial charge in [0.05, 0.1) is 18.5 Å². The molecular formula is C8H12N2O2. The lowest BCUT2D eigenvalue weighted by Crippen LogP contribution is -2.15. The van der Waals surface area contributed by atoms with Crippen molar-refractivity contribution < 1.29 is 9.26 Å². The normalized spacial score (nSPS) is 24.2. The van der Waals surface area contributed by atoms with Gasteiger partial charge in [0.1, 0.15) is 0 Å². The first-order chi connectivity index (χ1) is 5.88. The van der Waals surface area contributed by atoms with Gasteiger partial charge in [-0.15, -0.1) is 0 Å². The highest BCUT2D eigenvalue weighted by atomic mass is 16.5. The Bertz CT molecular complexity index is 253. The van der Waals surface area contributed by atoms with Gasteiger partial charge < -0.3 is 15.0 Å². The second-order valence-electron chi connectivity index (χ2n) is 3.06.